The fourth-order valence-corrected chi connectivity index (χ4v) is 2.06. The smallest absolute Gasteiger partial charge is 0.212 e. The number of aliphatic hydroxyl groups is 1. The molecule has 1 heterocycles. The van der Waals surface area contributed by atoms with Gasteiger partial charge in [0.15, 0.2) is 0 Å². The van der Waals surface area contributed by atoms with E-state index in [4.69, 9.17) is 4.74 Å². The van der Waals surface area contributed by atoms with Crippen molar-refractivity contribution in [3.63, 3.8) is 0 Å². The normalized spacial score (nSPS) is 24.6. The van der Waals surface area contributed by atoms with Crippen LogP contribution in [-0.4, -0.2) is 29.3 Å². The molecular weight excluding hydrogens is 204 g/mol. The lowest BCUT2D eigenvalue weighted by atomic mass is 10.2. The molecule has 0 saturated heterocycles. The SMILES string of the molecule is COc1ccc(CN[C@@H]2CCC[C@H]2O)cn1. The molecule has 0 amide bonds. The van der Waals surface area contributed by atoms with Gasteiger partial charge in [-0.05, 0) is 24.8 Å². The van der Waals surface area contributed by atoms with Crippen molar-refractivity contribution in [1.82, 2.24) is 10.3 Å². The van der Waals surface area contributed by atoms with Gasteiger partial charge < -0.3 is 15.2 Å². The Bertz CT molecular complexity index is 326. The highest BCUT2D eigenvalue weighted by molar-refractivity contribution is 5.17. The van der Waals surface area contributed by atoms with Gasteiger partial charge >= 0.3 is 0 Å². The molecule has 88 valence electrons. The first-order valence-electron chi connectivity index (χ1n) is 5.70. The number of aromatic nitrogens is 1. The highest BCUT2D eigenvalue weighted by atomic mass is 16.5. The van der Waals surface area contributed by atoms with Gasteiger partial charge in [-0.25, -0.2) is 4.98 Å². The number of nitrogens with zero attached hydrogens (tertiary/aromatic N) is 1. The van der Waals surface area contributed by atoms with Crippen molar-refractivity contribution in [2.45, 2.75) is 38.0 Å². The zero-order valence-electron chi connectivity index (χ0n) is 9.52. The molecule has 1 aromatic rings. The monoisotopic (exact) mass is 222 g/mol. The molecule has 0 unspecified atom stereocenters. The lowest BCUT2D eigenvalue weighted by Crippen LogP contribution is -2.35. The van der Waals surface area contributed by atoms with Crippen molar-refractivity contribution < 1.29 is 9.84 Å². The van der Waals surface area contributed by atoms with Gasteiger partial charge in [0.25, 0.3) is 0 Å². The van der Waals surface area contributed by atoms with E-state index in [-0.39, 0.29) is 12.1 Å². The Labute approximate surface area is 95.7 Å². The maximum absolute atomic E-state index is 9.65. The van der Waals surface area contributed by atoms with Crippen molar-refractivity contribution in [2.24, 2.45) is 0 Å². The largest absolute Gasteiger partial charge is 0.481 e. The summed E-state index contributed by atoms with van der Waals surface area (Å²) in [6, 6.07) is 4.07. The topological polar surface area (TPSA) is 54.4 Å². The van der Waals surface area contributed by atoms with E-state index in [2.05, 4.69) is 10.3 Å². The van der Waals surface area contributed by atoms with Crippen LogP contribution in [0, 0.1) is 0 Å². The van der Waals surface area contributed by atoms with Crippen molar-refractivity contribution in [3.05, 3.63) is 23.9 Å². The number of aliphatic hydroxyl groups excluding tert-OH is 1. The third-order valence-corrected chi connectivity index (χ3v) is 3.05. The predicted octanol–water partition coefficient (Wildman–Crippen LogP) is 1.09. The number of nitrogens with one attached hydrogen (secondary N) is 1. The van der Waals surface area contributed by atoms with Crippen LogP contribution < -0.4 is 10.1 Å². The van der Waals surface area contributed by atoms with Crippen LogP contribution in [0.1, 0.15) is 24.8 Å². The van der Waals surface area contributed by atoms with E-state index < -0.39 is 0 Å². The van der Waals surface area contributed by atoms with E-state index in [1.165, 1.54) is 0 Å². The minimum absolute atomic E-state index is 0.189. The molecule has 2 N–H and O–H groups in total. The zero-order valence-corrected chi connectivity index (χ0v) is 9.52. The molecule has 1 aromatic heterocycles. The summed E-state index contributed by atoms with van der Waals surface area (Å²) >= 11 is 0. The fraction of sp³-hybridized carbons (Fsp3) is 0.583. The first-order chi connectivity index (χ1) is 7.79. The Kier molecular flexibility index (Phi) is 3.74. The maximum Gasteiger partial charge on any atom is 0.212 e. The van der Waals surface area contributed by atoms with Crippen LogP contribution in [0.3, 0.4) is 0 Å². The van der Waals surface area contributed by atoms with Crippen molar-refractivity contribution in [3.8, 4) is 5.88 Å². The Morgan fingerprint density at radius 2 is 2.38 bits per heavy atom. The van der Waals surface area contributed by atoms with Gasteiger partial charge in [0, 0.05) is 24.8 Å². The molecule has 4 heteroatoms. The van der Waals surface area contributed by atoms with Gasteiger partial charge in [-0.3, -0.25) is 0 Å². The van der Waals surface area contributed by atoms with Gasteiger partial charge in [0.05, 0.1) is 13.2 Å². The quantitative estimate of drug-likeness (QED) is 0.801. The first kappa shape index (κ1) is 11.4. The van der Waals surface area contributed by atoms with Gasteiger partial charge in [-0.15, -0.1) is 0 Å². The first-order valence-corrected chi connectivity index (χ1v) is 5.70. The standard InChI is InChI=1S/C12H18N2O2/c1-16-12-6-5-9(8-14-12)7-13-10-3-2-4-11(10)15/h5-6,8,10-11,13,15H,2-4,7H2,1H3/t10-,11-/m1/s1. The van der Waals surface area contributed by atoms with Crippen molar-refractivity contribution in [1.29, 1.82) is 0 Å². The molecule has 0 radical (unpaired) electrons. The number of pyridine rings is 1. The van der Waals surface area contributed by atoms with E-state index in [0.29, 0.717) is 5.88 Å². The summed E-state index contributed by atoms with van der Waals surface area (Å²) in [5, 5.41) is 13.0. The summed E-state index contributed by atoms with van der Waals surface area (Å²) in [4.78, 5) is 4.14. The second-order valence-electron chi connectivity index (χ2n) is 4.19. The molecule has 0 aliphatic heterocycles. The summed E-state index contributed by atoms with van der Waals surface area (Å²) in [5.41, 5.74) is 1.11. The molecule has 0 aromatic carbocycles. The molecular formula is C12H18N2O2. The summed E-state index contributed by atoms with van der Waals surface area (Å²) in [6.45, 7) is 0.749. The second-order valence-corrected chi connectivity index (χ2v) is 4.19. The maximum atomic E-state index is 9.65. The molecule has 0 spiro atoms. The van der Waals surface area contributed by atoms with Crippen LogP contribution in [-0.2, 0) is 6.54 Å². The van der Waals surface area contributed by atoms with Crippen LogP contribution in [0.2, 0.25) is 0 Å². The highest BCUT2D eigenvalue weighted by Crippen LogP contribution is 2.19. The van der Waals surface area contributed by atoms with Gasteiger partial charge in [-0.1, -0.05) is 6.07 Å². The number of hydrogen-bond donors (Lipinski definition) is 2. The second kappa shape index (κ2) is 5.27. The Balaban J connectivity index is 1.84. The molecule has 2 atom stereocenters. The van der Waals surface area contributed by atoms with Gasteiger partial charge in [0.2, 0.25) is 5.88 Å². The molecule has 1 aliphatic rings. The Hall–Kier alpha value is -1.13. The highest BCUT2D eigenvalue weighted by Gasteiger charge is 2.24. The molecule has 1 saturated carbocycles. The van der Waals surface area contributed by atoms with Gasteiger partial charge in [-0.2, -0.15) is 0 Å². The van der Waals surface area contributed by atoms with E-state index in [1.54, 1.807) is 13.3 Å². The number of methoxy groups -OCH3 is 1. The number of rotatable bonds is 4. The zero-order chi connectivity index (χ0) is 11.4. The molecule has 16 heavy (non-hydrogen) atoms. The van der Waals surface area contributed by atoms with E-state index in [0.717, 1.165) is 31.4 Å². The fourth-order valence-electron chi connectivity index (χ4n) is 2.06. The van der Waals surface area contributed by atoms with Crippen LogP contribution in [0.5, 0.6) is 5.88 Å². The Morgan fingerprint density at radius 1 is 1.50 bits per heavy atom. The molecule has 4 nitrogen and oxygen atoms in total. The van der Waals surface area contributed by atoms with Crippen LogP contribution >= 0.6 is 0 Å². The minimum atomic E-state index is -0.189. The van der Waals surface area contributed by atoms with Crippen molar-refractivity contribution >= 4 is 0 Å². The van der Waals surface area contributed by atoms with Gasteiger partial charge in [0.1, 0.15) is 0 Å². The average Bonchev–Trinajstić information content (AvgIpc) is 2.73. The molecule has 1 aliphatic carbocycles. The lowest BCUT2D eigenvalue weighted by Gasteiger charge is -2.16. The Morgan fingerprint density at radius 3 is 2.94 bits per heavy atom. The molecule has 0 bridgehead atoms. The van der Waals surface area contributed by atoms with Crippen LogP contribution in [0.15, 0.2) is 18.3 Å². The summed E-state index contributed by atoms with van der Waals surface area (Å²) in [6.07, 6.45) is 4.70. The summed E-state index contributed by atoms with van der Waals surface area (Å²) < 4.78 is 4.99. The number of ether oxygens (including phenoxy) is 1. The lowest BCUT2D eigenvalue weighted by molar-refractivity contribution is 0.148. The summed E-state index contributed by atoms with van der Waals surface area (Å²) in [5.74, 6) is 0.629. The van der Waals surface area contributed by atoms with Crippen molar-refractivity contribution in [2.75, 3.05) is 7.11 Å². The molecule has 1 fully saturated rings. The number of hydrogen-bond acceptors (Lipinski definition) is 4. The van der Waals surface area contributed by atoms with Crippen LogP contribution in [0.4, 0.5) is 0 Å². The third kappa shape index (κ3) is 2.71. The van der Waals surface area contributed by atoms with E-state index in [1.807, 2.05) is 12.1 Å². The minimum Gasteiger partial charge on any atom is -0.481 e. The van der Waals surface area contributed by atoms with E-state index in [9.17, 15) is 5.11 Å². The summed E-state index contributed by atoms with van der Waals surface area (Å²) in [7, 11) is 1.61. The molecule has 2 rings (SSSR count). The average molecular weight is 222 g/mol. The van der Waals surface area contributed by atoms with E-state index >= 15 is 0 Å². The predicted molar refractivity (Wildman–Crippen MR) is 61.3 cm³/mol. The third-order valence-electron chi connectivity index (χ3n) is 3.05. The van der Waals surface area contributed by atoms with Crippen LogP contribution in [0.25, 0.3) is 0 Å².